The van der Waals surface area contributed by atoms with Gasteiger partial charge in [0.15, 0.2) is 0 Å². The van der Waals surface area contributed by atoms with E-state index < -0.39 is 0 Å². The van der Waals surface area contributed by atoms with Gasteiger partial charge in [-0.1, -0.05) is 25.4 Å². The Kier molecular flexibility index (Phi) is 5.69. The molecule has 0 aliphatic carbocycles. The fraction of sp³-hybridized carbons (Fsp3) is 0.812. The van der Waals surface area contributed by atoms with Crippen LogP contribution in [0.4, 0.5) is 0 Å². The van der Waals surface area contributed by atoms with Gasteiger partial charge in [0.2, 0.25) is 0 Å². The number of ether oxygens (including phenoxy) is 1. The Morgan fingerprint density at radius 3 is 2.71 bits per heavy atom. The van der Waals surface area contributed by atoms with Gasteiger partial charge in [-0.25, -0.2) is 0 Å². The number of nitrogens with one attached hydrogen (secondary N) is 1. The van der Waals surface area contributed by atoms with Crippen molar-refractivity contribution < 1.29 is 4.74 Å². The van der Waals surface area contributed by atoms with Gasteiger partial charge in [-0.05, 0) is 39.2 Å². The van der Waals surface area contributed by atoms with Gasteiger partial charge >= 0.3 is 0 Å². The number of hydrogen-bond donors (Lipinski definition) is 1. The quantitative estimate of drug-likeness (QED) is 0.877. The molecule has 4 nitrogen and oxygen atoms in total. The third kappa shape index (κ3) is 3.61. The first-order chi connectivity index (χ1) is 10.0. The van der Waals surface area contributed by atoms with E-state index in [9.17, 15) is 0 Å². The minimum absolute atomic E-state index is 0.117. The van der Waals surface area contributed by atoms with Crippen LogP contribution >= 0.6 is 11.6 Å². The second-order valence-corrected chi connectivity index (χ2v) is 6.50. The van der Waals surface area contributed by atoms with Gasteiger partial charge < -0.3 is 10.1 Å². The second kappa shape index (κ2) is 7.12. The second-order valence-electron chi connectivity index (χ2n) is 6.12. The van der Waals surface area contributed by atoms with Crippen molar-refractivity contribution in [2.24, 2.45) is 7.05 Å². The third-order valence-corrected chi connectivity index (χ3v) is 5.02. The number of halogens is 1. The molecule has 21 heavy (non-hydrogen) atoms. The molecule has 1 aliphatic rings. The molecule has 1 fully saturated rings. The standard InChI is InChI=1S/C16H28ClN3O/c1-5-12-15(17)13(20(4)19-12)11-14(18-6-2)16(3)9-7-8-10-21-16/h14,18H,5-11H2,1-4H3. The van der Waals surface area contributed by atoms with Crippen molar-refractivity contribution in [3.8, 4) is 0 Å². The van der Waals surface area contributed by atoms with Crippen molar-refractivity contribution in [1.82, 2.24) is 15.1 Å². The third-order valence-electron chi connectivity index (χ3n) is 4.59. The molecule has 2 unspecified atom stereocenters. The minimum atomic E-state index is -0.117. The zero-order valence-corrected chi connectivity index (χ0v) is 14.5. The van der Waals surface area contributed by atoms with Gasteiger partial charge in [-0.15, -0.1) is 0 Å². The molecule has 0 bridgehead atoms. The molecule has 0 saturated carbocycles. The molecule has 0 spiro atoms. The average Bonchev–Trinajstić information content (AvgIpc) is 2.74. The van der Waals surface area contributed by atoms with Crippen LogP contribution in [0.5, 0.6) is 0 Å². The highest BCUT2D eigenvalue weighted by Crippen LogP contribution is 2.31. The van der Waals surface area contributed by atoms with Crippen LogP contribution in [0.25, 0.3) is 0 Å². The van der Waals surface area contributed by atoms with Crippen LogP contribution in [0.1, 0.15) is 51.4 Å². The number of nitrogens with zero attached hydrogens (tertiary/aromatic N) is 2. The van der Waals surface area contributed by atoms with Crippen molar-refractivity contribution in [3.05, 3.63) is 16.4 Å². The van der Waals surface area contributed by atoms with Crippen molar-refractivity contribution in [1.29, 1.82) is 0 Å². The lowest BCUT2D eigenvalue weighted by Gasteiger charge is -2.41. The molecular formula is C16H28ClN3O. The monoisotopic (exact) mass is 313 g/mol. The first-order valence-corrected chi connectivity index (χ1v) is 8.47. The van der Waals surface area contributed by atoms with E-state index >= 15 is 0 Å². The van der Waals surface area contributed by atoms with Crippen molar-refractivity contribution >= 4 is 11.6 Å². The molecule has 2 rings (SSSR count). The summed E-state index contributed by atoms with van der Waals surface area (Å²) in [6.07, 6.45) is 5.22. The van der Waals surface area contributed by atoms with E-state index in [-0.39, 0.29) is 11.6 Å². The number of rotatable bonds is 6. The van der Waals surface area contributed by atoms with Crippen LogP contribution in [-0.2, 0) is 24.6 Å². The molecule has 0 aromatic carbocycles. The largest absolute Gasteiger partial charge is 0.374 e. The van der Waals surface area contributed by atoms with Crippen molar-refractivity contribution in [2.45, 2.75) is 64.5 Å². The first kappa shape index (κ1) is 16.8. The SMILES string of the molecule is CCNC(Cc1c(Cl)c(CC)nn1C)C1(C)CCCCO1. The smallest absolute Gasteiger partial charge is 0.0850 e. The van der Waals surface area contributed by atoms with Crippen LogP contribution in [-0.4, -0.2) is 34.6 Å². The lowest BCUT2D eigenvalue weighted by molar-refractivity contribution is -0.0883. The number of hydrogen-bond acceptors (Lipinski definition) is 3. The molecule has 1 saturated heterocycles. The van der Waals surface area contributed by atoms with Crippen LogP contribution in [0.2, 0.25) is 5.02 Å². The molecule has 1 N–H and O–H groups in total. The topological polar surface area (TPSA) is 39.1 Å². The number of likely N-dealkylation sites (N-methyl/N-ethyl adjacent to an activating group) is 1. The highest BCUT2D eigenvalue weighted by Gasteiger charge is 2.37. The zero-order chi connectivity index (χ0) is 15.5. The Labute approximate surface area is 133 Å². The summed E-state index contributed by atoms with van der Waals surface area (Å²) in [7, 11) is 1.98. The molecule has 2 heterocycles. The summed E-state index contributed by atoms with van der Waals surface area (Å²) in [5.41, 5.74) is 1.97. The van der Waals surface area contributed by atoms with Crippen molar-refractivity contribution in [3.63, 3.8) is 0 Å². The molecule has 1 aromatic rings. The van der Waals surface area contributed by atoms with Gasteiger partial charge in [0.1, 0.15) is 0 Å². The summed E-state index contributed by atoms with van der Waals surface area (Å²) in [4.78, 5) is 0. The van der Waals surface area contributed by atoms with Crippen molar-refractivity contribution in [2.75, 3.05) is 13.2 Å². The van der Waals surface area contributed by atoms with Gasteiger partial charge in [0.05, 0.1) is 22.0 Å². The Morgan fingerprint density at radius 1 is 1.43 bits per heavy atom. The predicted octanol–water partition coefficient (Wildman–Crippen LogP) is 3.12. The summed E-state index contributed by atoms with van der Waals surface area (Å²) >= 11 is 6.51. The maximum atomic E-state index is 6.51. The number of aromatic nitrogens is 2. The van der Waals surface area contributed by atoms with Gasteiger partial charge in [-0.3, -0.25) is 4.68 Å². The van der Waals surface area contributed by atoms with Crippen LogP contribution in [0.15, 0.2) is 0 Å². The van der Waals surface area contributed by atoms with E-state index in [1.54, 1.807) is 0 Å². The minimum Gasteiger partial charge on any atom is -0.374 e. The average molecular weight is 314 g/mol. The highest BCUT2D eigenvalue weighted by molar-refractivity contribution is 6.31. The number of aryl methyl sites for hydroxylation is 2. The van der Waals surface area contributed by atoms with Gasteiger partial charge in [-0.2, -0.15) is 5.10 Å². The summed E-state index contributed by atoms with van der Waals surface area (Å²) in [5.74, 6) is 0. The molecule has 0 radical (unpaired) electrons. The normalized spacial score (nSPS) is 24.2. The highest BCUT2D eigenvalue weighted by atomic mass is 35.5. The Balaban J connectivity index is 2.21. The maximum absolute atomic E-state index is 6.51. The van der Waals surface area contributed by atoms with E-state index in [0.717, 1.165) is 48.8 Å². The summed E-state index contributed by atoms with van der Waals surface area (Å²) in [6, 6.07) is 0.264. The van der Waals surface area contributed by atoms with Crippen LogP contribution in [0.3, 0.4) is 0 Å². The summed E-state index contributed by atoms with van der Waals surface area (Å²) in [5, 5.41) is 8.95. The van der Waals surface area contributed by atoms with E-state index in [1.165, 1.54) is 12.8 Å². The van der Waals surface area contributed by atoms with Crippen LogP contribution < -0.4 is 5.32 Å². The summed E-state index contributed by atoms with van der Waals surface area (Å²) in [6.45, 7) is 8.24. The van der Waals surface area contributed by atoms with E-state index in [1.807, 2.05) is 11.7 Å². The molecule has 0 amide bonds. The fourth-order valence-corrected chi connectivity index (χ4v) is 3.59. The molecular weight excluding hydrogens is 286 g/mol. The van der Waals surface area contributed by atoms with Gasteiger partial charge in [0, 0.05) is 26.1 Å². The van der Waals surface area contributed by atoms with Crippen LogP contribution in [0, 0.1) is 0 Å². The molecule has 120 valence electrons. The Morgan fingerprint density at radius 2 is 2.19 bits per heavy atom. The fourth-order valence-electron chi connectivity index (χ4n) is 3.22. The Hall–Kier alpha value is -0.580. The molecule has 5 heteroatoms. The lowest BCUT2D eigenvalue weighted by atomic mass is 9.85. The Bertz CT molecular complexity index is 466. The molecule has 1 aromatic heterocycles. The predicted molar refractivity (Wildman–Crippen MR) is 87.0 cm³/mol. The maximum Gasteiger partial charge on any atom is 0.0850 e. The van der Waals surface area contributed by atoms with Gasteiger partial charge in [0.25, 0.3) is 0 Å². The molecule has 2 atom stereocenters. The summed E-state index contributed by atoms with van der Waals surface area (Å²) < 4.78 is 8.06. The van der Waals surface area contributed by atoms with E-state index in [0.29, 0.717) is 0 Å². The zero-order valence-electron chi connectivity index (χ0n) is 13.7. The first-order valence-electron chi connectivity index (χ1n) is 8.09. The lowest BCUT2D eigenvalue weighted by Crippen LogP contribution is -2.53. The molecule has 1 aliphatic heterocycles. The van der Waals surface area contributed by atoms with E-state index in [4.69, 9.17) is 16.3 Å². The van der Waals surface area contributed by atoms with E-state index in [2.05, 4.69) is 31.2 Å².